The summed E-state index contributed by atoms with van der Waals surface area (Å²) in [7, 11) is 0. The second kappa shape index (κ2) is 7.70. The molecule has 0 fully saturated rings. The first-order chi connectivity index (χ1) is 15.3. The van der Waals surface area contributed by atoms with Gasteiger partial charge in [0.25, 0.3) is 5.56 Å². The van der Waals surface area contributed by atoms with E-state index in [0.29, 0.717) is 38.8 Å². The second-order valence-electron chi connectivity index (χ2n) is 7.45. The fourth-order valence-electron chi connectivity index (χ4n) is 3.78. The molecule has 5 aromatic rings. The molecular formula is C23H16Cl2FN5O. The lowest BCUT2D eigenvalue weighted by Gasteiger charge is -2.18. The molecule has 0 radical (unpaired) electrons. The summed E-state index contributed by atoms with van der Waals surface area (Å²) in [5.41, 5.74) is 8.16. The molecule has 0 unspecified atom stereocenters. The zero-order valence-electron chi connectivity index (χ0n) is 16.7. The lowest BCUT2D eigenvalue weighted by Crippen LogP contribution is -2.25. The minimum Gasteiger partial charge on any atom is -0.343 e. The summed E-state index contributed by atoms with van der Waals surface area (Å²) in [6.45, 7) is 1.82. The van der Waals surface area contributed by atoms with Crippen LogP contribution in [0.15, 0.2) is 59.5 Å². The molecule has 3 aromatic heterocycles. The molecule has 0 aliphatic carbocycles. The maximum Gasteiger partial charge on any atom is 0.264 e. The Morgan fingerprint density at radius 1 is 1.09 bits per heavy atom. The monoisotopic (exact) mass is 467 g/mol. The molecular weight excluding hydrogens is 452 g/mol. The van der Waals surface area contributed by atoms with Crippen LogP contribution in [0.1, 0.15) is 18.7 Å². The van der Waals surface area contributed by atoms with E-state index >= 15 is 0 Å². The third kappa shape index (κ3) is 3.26. The molecule has 3 N–H and O–H groups in total. The van der Waals surface area contributed by atoms with Crippen molar-refractivity contribution in [2.45, 2.75) is 13.0 Å². The van der Waals surface area contributed by atoms with Crippen molar-refractivity contribution in [2.75, 3.05) is 0 Å². The number of halogens is 3. The van der Waals surface area contributed by atoms with E-state index in [0.717, 1.165) is 5.39 Å². The van der Waals surface area contributed by atoms with E-state index in [1.54, 1.807) is 41.0 Å². The van der Waals surface area contributed by atoms with Crippen LogP contribution in [0.4, 0.5) is 4.39 Å². The molecule has 160 valence electrons. The Kier molecular flexibility index (Phi) is 4.97. The van der Waals surface area contributed by atoms with Crippen molar-refractivity contribution in [1.29, 1.82) is 0 Å². The number of hydrogen-bond acceptors (Lipinski definition) is 4. The number of benzene rings is 2. The van der Waals surface area contributed by atoms with E-state index in [4.69, 9.17) is 28.9 Å². The predicted molar refractivity (Wildman–Crippen MR) is 125 cm³/mol. The van der Waals surface area contributed by atoms with Crippen molar-refractivity contribution < 1.29 is 4.39 Å². The van der Waals surface area contributed by atoms with E-state index in [-0.39, 0.29) is 16.1 Å². The average molecular weight is 468 g/mol. The van der Waals surface area contributed by atoms with E-state index in [1.165, 1.54) is 6.20 Å². The van der Waals surface area contributed by atoms with Crippen LogP contribution < -0.4 is 11.3 Å². The Balaban J connectivity index is 1.66. The van der Waals surface area contributed by atoms with E-state index < -0.39 is 11.9 Å². The zero-order chi connectivity index (χ0) is 22.6. The van der Waals surface area contributed by atoms with Crippen LogP contribution in [0.5, 0.6) is 0 Å². The van der Waals surface area contributed by atoms with Gasteiger partial charge in [0.15, 0.2) is 11.6 Å². The summed E-state index contributed by atoms with van der Waals surface area (Å²) >= 11 is 12.5. The molecule has 0 bridgehead atoms. The number of nitrogens with zero attached hydrogens (tertiary/aromatic N) is 3. The Hall–Kier alpha value is -3.26. The van der Waals surface area contributed by atoms with Crippen LogP contribution in [0.3, 0.4) is 0 Å². The maximum atomic E-state index is 13.8. The SMILES string of the molecule is C[C@H](N)c1cc2cccc(Cl)c2c(=O)n1-c1ccc(-c2nc(Cl)c3c(F)c[nH]c3n2)cc1. The smallest absolute Gasteiger partial charge is 0.264 e. The number of aromatic amines is 1. The summed E-state index contributed by atoms with van der Waals surface area (Å²) in [6, 6.07) is 13.9. The number of nitrogens with two attached hydrogens (primary N) is 1. The van der Waals surface area contributed by atoms with Crippen molar-refractivity contribution in [3.05, 3.63) is 86.8 Å². The third-order valence-corrected chi connectivity index (χ3v) is 5.90. The van der Waals surface area contributed by atoms with Gasteiger partial charge in [-0.15, -0.1) is 0 Å². The number of hydrogen-bond donors (Lipinski definition) is 2. The molecule has 9 heteroatoms. The highest BCUT2D eigenvalue weighted by Crippen LogP contribution is 2.28. The van der Waals surface area contributed by atoms with Gasteiger partial charge in [-0.2, -0.15) is 0 Å². The average Bonchev–Trinajstić information content (AvgIpc) is 3.15. The largest absolute Gasteiger partial charge is 0.343 e. The first-order valence-electron chi connectivity index (χ1n) is 9.76. The molecule has 0 amide bonds. The summed E-state index contributed by atoms with van der Waals surface area (Å²) in [5.74, 6) is -0.179. The summed E-state index contributed by atoms with van der Waals surface area (Å²) in [5, 5.41) is 1.71. The minimum atomic E-state index is -0.510. The number of aromatic nitrogens is 4. The van der Waals surface area contributed by atoms with Crippen LogP contribution in [-0.4, -0.2) is 19.5 Å². The van der Waals surface area contributed by atoms with Crippen LogP contribution >= 0.6 is 23.2 Å². The number of fused-ring (bicyclic) bond motifs is 2. The van der Waals surface area contributed by atoms with Gasteiger partial charge in [-0.05, 0) is 48.7 Å². The molecule has 0 spiro atoms. The van der Waals surface area contributed by atoms with Crippen LogP contribution in [0.2, 0.25) is 10.2 Å². The van der Waals surface area contributed by atoms with Crippen molar-refractivity contribution in [3.8, 4) is 17.1 Å². The zero-order valence-corrected chi connectivity index (χ0v) is 18.2. The number of nitrogens with one attached hydrogen (secondary N) is 1. The van der Waals surface area contributed by atoms with Gasteiger partial charge in [0, 0.05) is 29.2 Å². The van der Waals surface area contributed by atoms with Gasteiger partial charge in [-0.1, -0.05) is 35.3 Å². The quantitative estimate of drug-likeness (QED) is 0.347. The highest BCUT2D eigenvalue weighted by Gasteiger charge is 2.17. The van der Waals surface area contributed by atoms with E-state index in [9.17, 15) is 9.18 Å². The van der Waals surface area contributed by atoms with Gasteiger partial charge < -0.3 is 10.7 Å². The predicted octanol–water partition coefficient (Wildman–Crippen LogP) is 5.39. The molecule has 2 aromatic carbocycles. The standard InChI is InChI=1S/C23H16Cl2FN5O/c1-11(27)17-9-13-3-2-4-15(24)18(13)23(32)31(17)14-7-5-12(6-8-14)21-29-20(25)19-16(26)10-28-22(19)30-21/h2-11H,27H2,1H3,(H,28,29,30)/t11-/m0/s1. The lowest BCUT2D eigenvalue weighted by atomic mass is 10.1. The van der Waals surface area contributed by atoms with Gasteiger partial charge >= 0.3 is 0 Å². The second-order valence-corrected chi connectivity index (χ2v) is 8.21. The van der Waals surface area contributed by atoms with Crippen molar-refractivity contribution >= 4 is 45.0 Å². The van der Waals surface area contributed by atoms with Crippen LogP contribution in [-0.2, 0) is 0 Å². The van der Waals surface area contributed by atoms with Gasteiger partial charge in [0.05, 0.1) is 15.8 Å². The lowest BCUT2D eigenvalue weighted by molar-refractivity contribution is 0.639. The van der Waals surface area contributed by atoms with Crippen LogP contribution in [0.25, 0.3) is 38.9 Å². The molecule has 0 saturated carbocycles. The summed E-state index contributed by atoms with van der Waals surface area (Å²) in [4.78, 5) is 24.7. The Bertz CT molecular complexity index is 1560. The molecule has 5 rings (SSSR count). The minimum absolute atomic E-state index is 0.0208. The number of H-pyrrole nitrogens is 1. The van der Waals surface area contributed by atoms with Gasteiger partial charge in [-0.3, -0.25) is 9.36 Å². The van der Waals surface area contributed by atoms with Gasteiger partial charge in [0.2, 0.25) is 0 Å². The first-order valence-corrected chi connectivity index (χ1v) is 10.5. The van der Waals surface area contributed by atoms with Crippen molar-refractivity contribution in [2.24, 2.45) is 5.73 Å². The highest BCUT2D eigenvalue weighted by molar-refractivity contribution is 6.35. The van der Waals surface area contributed by atoms with Crippen LogP contribution in [0, 0.1) is 5.82 Å². The molecule has 0 saturated heterocycles. The molecule has 1 atom stereocenters. The maximum absolute atomic E-state index is 13.8. The summed E-state index contributed by atoms with van der Waals surface area (Å²) in [6.07, 6.45) is 1.19. The Morgan fingerprint density at radius 2 is 1.84 bits per heavy atom. The Morgan fingerprint density at radius 3 is 2.56 bits per heavy atom. The third-order valence-electron chi connectivity index (χ3n) is 5.31. The molecule has 6 nitrogen and oxygen atoms in total. The molecule has 3 heterocycles. The molecule has 32 heavy (non-hydrogen) atoms. The van der Waals surface area contributed by atoms with Crippen molar-refractivity contribution in [3.63, 3.8) is 0 Å². The number of pyridine rings is 1. The fraction of sp³-hybridized carbons (Fsp3) is 0.0870. The normalized spacial score (nSPS) is 12.5. The first kappa shape index (κ1) is 20.6. The topological polar surface area (TPSA) is 89.6 Å². The van der Waals surface area contributed by atoms with Crippen molar-refractivity contribution in [1.82, 2.24) is 19.5 Å². The van der Waals surface area contributed by atoms with E-state index in [2.05, 4.69) is 15.0 Å². The van der Waals surface area contributed by atoms with Gasteiger partial charge in [0.1, 0.15) is 10.8 Å². The fourth-order valence-corrected chi connectivity index (χ4v) is 4.31. The van der Waals surface area contributed by atoms with Gasteiger partial charge in [-0.25, -0.2) is 14.4 Å². The molecule has 0 aliphatic heterocycles. The number of rotatable bonds is 3. The summed E-state index contributed by atoms with van der Waals surface area (Å²) < 4.78 is 15.4. The molecule has 0 aliphatic rings. The highest BCUT2D eigenvalue weighted by atomic mass is 35.5. The van der Waals surface area contributed by atoms with E-state index in [1.807, 2.05) is 19.1 Å². The Labute approximate surface area is 191 Å².